The van der Waals surface area contributed by atoms with E-state index in [0.29, 0.717) is 11.5 Å². The molecule has 1 heterocycles. The van der Waals surface area contributed by atoms with Crippen LogP contribution in [0.4, 0.5) is 5.69 Å². The van der Waals surface area contributed by atoms with Gasteiger partial charge in [0, 0.05) is 24.3 Å². The Balaban J connectivity index is 2.10. The summed E-state index contributed by atoms with van der Waals surface area (Å²) in [6, 6.07) is 5.92. The van der Waals surface area contributed by atoms with E-state index in [-0.39, 0.29) is 5.91 Å². The first-order chi connectivity index (χ1) is 9.61. The Kier molecular flexibility index (Phi) is 5.01. The number of nitrogens with two attached hydrogens (primary N) is 1. The van der Waals surface area contributed by atoms with E-state index in [0.717, 1.165) is 31.7 Å². The topological polar surface area (TPSA) is 58.4 Å². The zero-order valence-electron chi connectivity index (χ0n) is 12.5. The quantitative estimate of drug-likeness (QED) is 0.863. The van der Waals surface area contributed by atoms with Crippen molar-refractivity contribution in [2.75, 3.05) is 31.1 Å². The minimum atomic E-state index is -0.353. The van der Waals surface area contributed by atoms with E-state index < -0.39 is 0 Å². The van der Waals surface area contributed by atoms with Gasteiger partial charge in [-0.05, 0) is 69.5 Å². The van der Waals surface area contributed by atoms with E-state index in [9.17, 15) is 4.79 Å². The Labute approximate surface area is 121 Å². The van der Waals surface area contributed by atoms with E-state index in [4.69, 9.17) is 5.73 Å². The molecular weight excluding hydrogens is 250 g/mol. The highest BCUT2D eigenvalue weighted by Crippen LogP contribution is 2.21. The molecule has 1 aliphatic heterocycles. The highest BCUT2D eigenvalue weighted by atomic mass is 16.1. The Morgan fingerprint density at radius 3 is 2.85 bits per heavy atom. The number of anilines is 1. The highest BCUT2D eigenvalue weighted by Gasteiger charge is 2.17. The van der Waals surface area contributed by atoms with Crippen molar-refractivity contribution in [3.63, 3.8) is 0 Å². The van der Waals surface area contributed by atoms with Crippen molar-refractivity contribution in [2.45, 2.75) is 26.7 Å². The minimum Gasteiger partial charge on any atom is -0.371 e. The number of rotatable bonds is 5. The smallest absolute Gasteiger partial charge is 0.248 e. The van der Waals surface area contributed by atoms with Crippen molar-refractivity contribution in [3.8, 4) is 0 Å². The molecule has 0 radical (unpaired) electrons. The molecule has 1 aromatic carbocycles. The first-order valence-corrected chi connectivity index (χ1v) is 7.48. The third kappa shape index (κ3) is 3.51. The maximum atomic E-state index is 11.3. The molecule has 1 aliphatic rings. The van der Waals surface area contributed by atoms with Gasteiger partial charge in [-0.15, -0.1) is 0 Å². The van der Waals surface area contributed by atoms with E-state index in [1.165, 1.54) is 18.5 Å². The van der Waals surface area contributed by atoms with E-state index in [1.807, 2.05) is 19.1 Å². The normalized spacial score (nSPS) is 18.8. The van der Waals surface area contributed by atoms with Crippen molar-refractivity contribution >= 4 is 11.6 Å². The van der Waals surface area contributed by atoms with Gasteiger partial charge in [-0.25, -0.2) is 0 Å². The molecule has 1 atom stereocenters. The lowest BCUT2D eigenvalue weighted by Gasteiger charge is -2.31. The standard InChI is InChI=1S/C16H25N3O/c1-3-19(11-13-5-4-8-18-10-13)14-6-7-15(16(17)20)12(2)9-14/h6-7,9,13,18H,3-5,8,10-11H2,1-2H3,(H2,17,20). The third-order valence-corrected chi connectivity index (χ3v) is 4.10. The number of hydrogen-bond donors (Lipinski definition) is 2. The molecule has 2 rings (SSSR count). The average Bonchev–Trinajstić information content (AvgIpc) is 2.45. The number of aryl methyl sites for hydroxylation is 1. The average molecular weight is 275 g/mol. The van der Waals surface area contributed by atoms with Crippen LogP contribution in [0.1, 0.15) is 35.7 Å². The number of nitrogens with one attached hydrogen (secondary N) is 1. The van der Waals surface area contributed by atoms with Crippen molar-refractivity contribution in [1.82, 2.24) is 5.32 Å². The summed E-state index contributed by atoms with van der Waals surface area (Å²) < 4.78 is 0. The molecular formula is C16H25N3O. The van der Waals surface area contributed by atoms with Gasteiger partial charge in [0.2, 0.25) is 5.91 Å². The second-order valence-electron chi connectivity index (χ2n) is 5.61. The molecule has 110 valence electrons. The summed E-state index contributed by atoms with van der Waals surface area (Å²) in [5.41, 5.74) is 8.11. The number of nitrogens with zero attached hydrogens (tertiary/aromatic N) is 1. The largest absolute Gasteiger partial charge is 0.371 e. The molecule has 1 unspecified atom stereocenters. The fourth-order valence-electron chi connectivity index (χ4n) is 2.93. The number of carbonyl (C=O) groups is 1. The molecule has 0 spiro atoms. The van der Waals surface area contributed by atoms with Crippen LogP contribution in [-0.4, -0.2) is 32.1 Å². The molecule has 20 heavy (non-hydrogen) atoms. The first-order valence-electron chi connectivity index (χ1n) is 7.48. The van der Waals surface area contributed by atoms with Gasteiger partial charge < -0.3 is 16.0 Å². The number of carbonyl (C=O) groups excluding carboxylic acids is 1. The van der Waals surface area contributed by atoms with Gasteiger partial charge in [0.15, 0.2) is 0 Å². The van der Waals surface area contributed by atoms with Gasteiger partial charge in [-0.2, -0.15) is 0 Å². The van der Waals surface area contributed by atoms with Gasteiger partial charge in [0.25, 0.3) is 0 Å². The summed E-state index contributed by atoms with van der Waals surface area (Å²) in [5.74, 6) is 0.355. The van der Waals surface area contributed by atoms with Crippen molar-refractivity contribution < 1.29 is 4.79 Å². The second kappa shape index (κ2) is 6.75. The minimum absolute atomic E-state index is 0.353. The molecule has 3 N–H and O–H groups in total. The van der Waals surface area contributed by atoms with Crippen molar-refractivity contribution in [2.24, 2.45) is 11.7 Å². The van der Waals surface area contributed by atoms with Crippen LogP contribution in [-0.2, 0) is 0 Å². The van der Waals surface area contributed by atoms with Gasteiger partial charge >= 0.3 is 0 Å². The van der Waals surface area contributed by atoms with Gasteiger partial charge in [-0.1, -0.05) is 0 Å². The molecule has 1 saturated heterocycles. The van der Waals surface area contributed by atoms with Crippen LogP contribution in [0, 0.1) is 12.8 Å². The predicted molar refractivity (Wildman–Crippen MR) is 83.2 cm³/mol. The lowest BCUT2D eigenvalue weighted by molar-refractivity contribution is 0.0999. The van der Waals surface area contributed by atoms with E-state index in [1.54, 1.807) is 0 Å². The third-order valence-electron chi connectivity index (χ3n) is 4.10. The predicted octanol–water partition coefficient (Wildman–Crippen LogP) is 1.92. The lowest BCUT2D eigenvalue weighted by Crippen LogP contribution is -2.38. The van der Waals surface area contributed by atoms with Crippen LogP contribution in [0.3, 0.4) is 0 Å². The molecule has 0 aliphatic carbocycles. The van der Waals surface area contributed by atoms with Crippen LogP contribution < -0.4 is 16.0 Å². The first kappa shape index (κ1) is 14.9. The molecule has 1 amide bonds. The fourth-order valence-corrected chi connectivity index (χ4v) is 2.93. The number of benzene rings is 1. The summed E-state index contributed by atoms with van der Waals surface area (Å²) in [6.07, 6.45) is 2.56. The number of primary amides is 1. The lowest BCUT2D eigenvalue weighted by atomic mass is 9.98. The summed E-state index contributed by atoms with van der Waals surface area (Å²) in [5, 5.41) is 3.46. The molecule has 0 bridgehead atoms. The number of amides is 1. The van der Waals surface area contributed by atoms with Crippen LogP contribution in [0.5, 0.6) is 0 Å². The number of hydrogen-bond acceptors (Lipinski definition) is 3. The fraction of sp³-hybridized carbons (Fsp3) is 0.562. The summed E-state index contributed by atoms with van der Waals surface area (Å²) in [4.78, 5) is 13.7. The molecule has 1 fully saturated rings. The Hall–Kier alpha value is -1.55. The monoisotopic (exact) mass is 275 g/mol. The SMILES string of the molecule is CCN(CC1CCCNC1)c1ccc(C(N)=O)c(C)c1. The Morgan fingerprint density at radius 2 is 2.30 bits per heavy atom. The molecule has 4 heteroatoms. The van der Waals surface area contributed by atoms with Crippen LogP contribution in [0.15, 0.2) is 18.2 Å². The summed E-state index contributed by atoms with van der Waals surface area (Å²) >= 11 is 0. The second-order valence-corrected chi connectivity index (χ2v) is 5.61. The maximum Gasteiger partial charge on any atom is 0.248 e. The van der Waals surface area contributed by atoms with Crippen LogP contribution >= 0.6 is 0 Å². The zero-order valence-corrected chi connectivity index (χ0v) is 12.5. The number of piperidine rings is 1. The highest BCUT2D eigenvalue weighted by molar-refractivity contribution is 5.94. The molecule has 4 nitrogen and oxygen atoms in total. The van der Waals surface area contributed by atoms with Crippen molar-refractivity contribution in [3.05, 3.63) is 29.3 Å². The summed E-state index contributed by atoms with van der Waals surface area (Å²) in [6.45, 7) is 8.42. The van der Waals surface area contributed by atoms with E-state index >= 15 is 0 Å². The maximum absolute atomic E-state index is 11.3. The van der Waals surface area contributed by atoms with Gasteiger partial charge in [0.1, 0.15) is 0 Å². The Bertz CT molecular complexity index is 467. The van der Waals surface area contributed by atoms with Gasteiger partial charge in [-0.3, -0.25) is 4.79 Å². The Morgan fingerprint density at radius 1 is 1.50 bits per heavy atom. The molecule has 0 aromatic heterocycles. The summed E-state index contributed by atoms with van der Waals surface area (Å²) in [7, 11) is 0. The molecule has 0 saturated carbocycles. The van der Waals surface area contributed by atoms with Crippen molar-refractivity contribution in [1.29, 1.82) is 0 Å². The van der Waals surface area contributed by atoms with Crippen LogP contribution in [0.2, 0.25) is 0 Å². The zero-order chi connectivity index (χ0) is 14.5. The van der Waals surface area contributed by atoms with Gasteiger partial charge in [0.05, 0.1) is 0 Å². The van der Waals surface area contributed by atoms with E-state index in [2.05, 4.69) is 23.2 Å². The molecule has 1 aromatic rings. The van der Waals surface area contributed by atoms with Crippen LogP contribution in [0.25, 0.3) is 0 Å².